The van der Waals surface area contributed by atoms with Gasteiger partial charge in [-0.2, -0.15) is 0 Å². The molecule has 1 aliphatic carbocycles. The standard InChI is InChI=1S/C22H36/c1-9-16(6)22(14-15(4)5)17(7)19(10-2)12-13-21-18(8)20(21)11-3/h9,11-12,15,17,22H,10,13-14H2,1-8H3. The van der Waals surface area contributed by atoms with E-state index in [0.717, 1.165) is 12.3 Å². The van der Waals surface area contributed by atoms with Crippen LogP contribution in [0.25, 0.3) is 0 Å². The van der Waals surface area contributed by atoms with Crippen LogP contribution in [-0.4, -0.2) is 0 Å². The molecule has 1 rings (SSSR count). The molecule has 0 aromatic heterocycles. The van der Waals surface area contributed by atoms with Gasteiger partial charge in [-0.05, 0) is 81.4 Å². The molecule has 124 valence electrons. The molecule has 0 heterocycles. The Bertz CT molecular complexity index is 494. The Morgan fingerprint density at radius 2 is 1.77 bits per heavy atom. The lowest BCUT2D eigenvalue weighted by molar-refractivity contribution is 0.372. The minimum absolute atomic E-state index is 0.650. The molecular formula is C22H36. The minimum atomic E-state index is 0.650. The third-order valence-corrected chi connectivity index (χ3v) is 5.34. The van der Waals surface area contributed by atoms with Crippen molar-refractivity contribution in [3.8, 4) is 0 Å². The number of hydrogen-bond donors (Lipinski definition) is 0. The zero-order valence-corrected chi connectivity index (χ0v) is 16.1. The molecule has 2 unspecified atom stereocenters. The van der Waals surface area contributed by atoms with Crippen molar-refractivity contribution in [1.29, 1.82) is 0 Å². The lowest BCUT2D eigenvalue weighted by Gasteiger charge is -2.28. The van der Waals surface area contributed by atoms with Crippen molar-refractivity contribution < 1.29 is 0 Å². The summed E-state index contributed by atoms with van der Waals surface area (Å²) in [5.41, 5.74) is 7.78. The van der Waals surface area contributed by atoms with Crippen LogP contribution >= 0.6 is 0 Å². The van der Waals surface area contributed by atoms with E-state index >= 15 is 0 Å². The second-order valence-corrected chi connectivity index (χ2v) is 7.20. The Hall–Kier alpha value is -1.04. The third kappa shape index (κ3) is 4.73. The van der Waals surface area contributed by atoms with Gasteiger partial charge in [-0.25, -0.2) is 0 Å². The van der Waals surface area contributed by atoms with Crippen LogP contribution in [0.1, 0.15) is 74.7 Å². The summed E-state index contributed by atoms with van der Waals surface area (Å²) in [4.78, 5) is 0. The molecule has 0 aliphatic heterocycles. The van der Waals surface area contributed by atoms with Crippen molar-refractivity contribution in [2.75, 3.05) is 0 Å². The summed E-state index contributed by atoms with van der Waals surface area (Å²) in [5.74, 6) is 2.09. The first kappa shape index (κ1) is 19.0. The first-order valence-corrected chi connectivity index (χ1v) is 9.05. The maximum atomic E-state index is 2.51. The van der Waals surface area contributed by atoms with Crippen molar-refractivity contribution in [2.45, 2.75) is 74.7 Å². The molecule has 0 saturated heterocycles. The average molecular weight is 301 g/mol. The van der Waals surface area contributed by atoms with Gasteiger partial charge in [0.05, 0.1) is 0 Å². The highest BCUT2D eigenvalue weighted by molar-refractivity contribution is 5.65. The predicted octanol–water partition coefficient (Wildman–Crippen LogP) is 7.25. The highest BCUT2D eigenvalue weighted by Crippen LogP contribution is 2.41. The van der Waals surface area contributed by atoms with Gasteiger partial charge in [0.2, 0.25) is 0 Å². The highest BCUT2D eigenvalue weighted by Gasteiger charge is 2.25. The fourth-order valence-corrected chi connectivity index (χ4v) is 3.66. The van der Waals surface area contributed by atoms with E-state index in [0.29, 0.717) is 11.8 Å². The Kier molecular flexibility index (Phi) is 7.39. The Labute approximate surface area is 139 Å². The molecule has 0 saturated carbocycles. The van der Waals surface area contributed by atoms with Gasteiger partial charge in [-0.3, -0.25) is 0 Å². The van der Waals surface area contributed by atoms with Gasteiger partial charge < -0.3 is 0 Å². The quantitative estimate of drug-likeness (QED) is 0.414. The van der Waals surface area contributed by atoms with E-state index in [1.54, 1.807) is 16.7 Å². The zero-order chi connectivity index (χ0) is 16.9. The van der Waals surface area contributed by atoms with E-state index in [9.17, 15) is 0 Å². The van der Waals surface area contributed by atoms with Gasteiger partial charge in [-0.15, -0.1) is 0 Å². The second kappa shape index (κ2) is 8.56. The van der Waals surface area contributed by atoms with E-state index in [4.69, 9.17) is 0 Å². The van der Waals surface area contributed by atoms with Gasteiger partial charge in [0.15, 0.2) is 0 Å². The normalized spacial score (nSPS) is 20.9. The van der Waals surface area contributed by atoms with Crippen LogP contribution in [-0.2, 0) is 0 Å². The summed E-state index contributed by atoms with van der Waals surface area (Å²) in [6.07, 6.45) is 10.7. The van der Waals surface area contributed by atoms with Crippen molar-refractivity contribution in [1.82, 2.24) is 0 Å². The van der Waals surface area contributed by atoms with E-state index in [2.05, 4.69) is 73.6 Å². The Morgan fingerprint density at radius 1 is 1.14 bits per heavy atom. The van der Waals surface area contributed by atoms with E-state index in [-0.39, 0.29) is 0 Å². The summed E-state index contributed by atoms with van der Waals surface area (Å²) in [7, 11) is 0. The smallest absolute Gasteiger partial charge is 0.00859 e. The summed E-state index contributed by atoms with van der Waals surface area (Å²) in [6, 6.07) is 0. The summed E-state index contributed by atoms with van der Waals surface area (Å²) in [5, 5.41) is 0. The molecule has 0 heteroatoms. The molecule has 22 heavy (non-hydrogen) atoms. The van der Waals surface area contributed by atoms with Crippen LogP contribution < -0.4 is 0 Å². The largest absolute Gasteiger partial charge is 0.0884 e. The number of rotatable bonds is 8. The zero-order valence-electron chi connectivity index (χ0n) is 16.1. The first-order valence-electron chi connectivity index (χ1n) is 9.05. The fourth-order valence-electron chi connectivity index (χ4n) is 3.66. The molecule has 0 amide bonds. The molecule has 0 aromatic carbocycles. The molecule has 1 aliphatic rings. The van der Waals surface area contributed by atoms with Crippen molar-refractivity contribution >= 4 is 0 Å². The molecule has 0 radical (unpaired) electrons. The SMILES string of the molecule is CC=C1C(C)=C1CC=C(CC)C(C)C(CC(C)C)C(C)=CC. The highest BCUT2D eigenvalue weighted by atomic mass is 14.3. The molecular weight excluding hydrogens is 264 g/mol. The van der Waals surface area contributed by atoms with Crippen molar-refractivity contribution in [3.05, 3.63) is 46.1 Å². The monoisotopic (exact) mass is 300 g/mol. The Balaban J connectivity index is 2.86. The lowest BCUT2D eigenvalue weighted by atomic mass is 9.77. The molecule has 2 atom stereocenters. The van der Waals surface area contributed by atoms with Crippen molar-refractivity contribution in [2.24, 2.45) is 17.8 Å². The van der Waals surface area contributed by atoms with Crippen LogP contribution in [0, 0.1) is 17.8 Å². The first-order chi connectivity index (χ1) is 10.4. The lowest BCUT2D eigenvalue weighted by Crippen LogP contribution is -2.17. The van der Waals surface area contributed by atoms with Crippen LogP contribution in [0.5, 0.6) is 0 Å². The topological polar surface area (TPSA) is 0 Å². The average Bonchev–Trinajstić information content (AvgIpc) is 3.13. The van der Waals surface area contributed by atoms with Crippen LogP contribution in [0.4, 0.5) is 0 Å². The van der Waals surface area contributed by atoms with Gasteiger partial charge in [0.1, 0.15) is 0 Å². The second-order valence-electron chi connectivity index (χ2n) is 7.20. The van der Waals surface area contributed by atoms with Gasteiger partial charge in [-0.1, -0.05) is 57.1 Å². The van der Waals surface area contributed by atoms with E-state index in [1.165, 1.54) is 24.0 Å². The van der Waals surface area contributed by atoms with Gasteiger partial charge in [0.25, 0.3) is 0 Å². The van der Waals surface area contributed by atoms with Crippen LogP contribution in [0.3, 0.4) is 0 Å². The predicted molar refractivity (Wildman–Crippen MR) is 101 cm³/mol. The molecule has 0 nitrogen and oxygen atoms in total. The van der Waals surface area contributed by atoms with E-state index < -0.39 is 0 Å². The van der Waals surface area contributed by atoms with Crippen LogP contribution in [0.2, 0.25) is 0 Å². The molecule has 0 spiro atoms. The molecule has 0 N–H and O–H groups in total. The number of allylic oxidation sites excluding steroid dienone is 8. The maximum absolute atomic E-state index is 2.51. The van der Waals surface area contributed by atoms with E-state index in [1.807, 2.05) is 0 Å². The number of hydrogen-bond acceptors (Lipinski definition) is 0. The minimum Gasteiger partial charge on any atom is -0.0884 e. The maximum Gasteiger partial charge on any atom is -0.00859 e. The third-order valence-electron chi connectivity index (χ3n) is 5.34. The molecule has 0 aromatic rings. The fraction of sp³-hybridized carbons (Fsp3) is 0.636. The molecule has 0 fully saturated rings. The summed E-state index contributed by atoms with van der Waals surface area (Å²) in [6.45, 7) is 18.3. The summed E-state index contributed by atoms with van der Waals surface area (Å²) >= 11 is 0. The van der Waals surface area contributed by atoms with Crippen molar-refractivity contribution in [3.63, 3.8) is 0 Å². The van der Waals surface area contributed by atoms with Gasteiger partial charge in [0, 0.05) is 0 Å². The van der Waals surface area contributed by atoms with Gasteiger partial charge >= 0.3 is 0 Å². The molecule has 0 bridgehead atoms. The summed E-state index contributed by atoms with van der Waals surface area (Å²) < 4.78 is 0. The Morgan fingerprint density at radius 3 is 2.18 bits per heavy atom. The van der Waals surface area contributed by atoms with Crippen LogP contribution in [0.15, 0.2) is 46.1 Å².